The zero-order valence-corrected chi connectivity index (χ0v) is 18.4. The molecule has 0 spiro atoms. The predicted octanol–water partition coefficient (Wildman–Crippen LogP) is 0.171. The highest BCUT2D eigenvalue weighted by Crippen LogP contribution is 2.49. The largest absolute Gasteiger partial charge is 0.508 e. The summed E-state index contributed by atoms with van der Waals surface area (Å²) in [6.07, 6.45) is 0.557. The fraction of sp³-hybridized carbons (Fsp3) is 0.400. The number of carboxylic acids is 1. The second kappa shape index (κ2) is 8.06. The molecule has 5 rings (SSSR count). The van der Waals surface area contributed by atoms with Gasteiger partial charge in [0, 0.05) is 31.8 Å². The van der Waals surface area contributed by atoms with E-state index < -0.39 is 12.0 Å². The smallest absolute Gasteiger partial charge is 0.352 e. The molecule has 3 N–H and O–H groups in total. The second-order valence-corrected chi connectivity index (χ2v) is 9.05. The summed E-state index contributed by atoms with van der Waals surface area (Å²) in [5.41, 5.74) is 1.51. The number of aliphatic carboxylic acids is 1. The number of phenols is 1. The van der Waals surface area contributed by atoms with E-state index in [0.29, 0.717) is 29.4 Å². The Morgan fingerprint density at radius 3 is 2.70 bits per heavy atom. The summed E-state index contributed by atoms with van der Waals surface area (Å²) in [7, 11) is 1.70. The average Bonchev–Trinajstić information content (AvgIpc) is 3.35. The van der Waals surface area contributed by atoms with Gasteiger partial charge in [0.1, 0.15) is 17.5 Å². The first-order chi connectivity index (χ1) is 15.9. The molecule has 3 aliphatic rings. The SMILES string of the molecule is Cn1nnnc1SCC1=C(C(=O)O)N2C(=O)[C@@H]3[C@H]2C1CCN3C(=O)NCc1ccc(O)cc1. The van der Waals surface area contributed by atoms with Crippen molar-refractivity contribution in [3.05, 3.63) is 41.1 Å². The van der Waals surface area contributed by atoms with E-state index in [2.05, 4.69) is 20.8 Å². The van der Waals surface area contributed by atoms with Crippen molar-refractivity contribution in [3.8, 4) is 5.75 Å². The van der Waals surface area contributed by atoms with Crippen LogP contribution < -0.4 is 5.32 Å². The topological polar surface area (TPSA) is 154 Å². The molecule has 1 aromatic carbocycles. The third-order valence-corrected chi connectivity index (χ3v) is 7.37. The van der Waals surface area contributed by atoms with Crippen molar-refractivity contribution >= 4 is 29.7 Å². The van der Waals surface area contributed by atoms with Gasteiger partial charge in [-0.3, -0.25) is 9.69 Å². The number of tetrazole rings is 1. The summed E-state index contributed by atoms with van der Waals surface area (Å²) in [6.45, 7) is 0.597. The van der Waals surface area contributed by atoms with E-state index in [1.54, 1.807) is 19.2 Å². The lowest BCUT2D eigenvalue weighted by Crippen LogP contribution is -2.74. The fourth-order valence-corrected chi connectivity index (χ4v) is 5.75. The van der Waals surface area contributed by atoms with Crippen LogP contribution in [-0.2, 0) is 23.2 Å². The van der Waals surface area contributed by atoms with Crippen molar-refractivity contribution in [3.63, 3.8) is 0 Å². The van der Waals surface area contributed by atoms with Gasteiger partial charge in [0.25, 0.3) is 5.91 Å². The van der Waals surface area contributed by atoms with Gasteiger partial charge in [-0.05, 0) is 40.1 Å². The third kappa shape index (κ3) is 3.48. The number of thioether (sulfide) groups is 1. The molecule has 0 saturated carbocycles. The van der Waals surface area contributed by atoms with Gasteiger partial charge in [0.05, 0.1) is 6.04 Å². The van der Waals surface area contributed by atoms with E-state index >= 15 is 0 Å². The Bertz CT molecular complexity index is 1160. The highest BCUT2D eigenvalue weighted by molar-refractivity contribution is 7.99. The quantitative estimate of drug-likeness (QED) is 0.395. The molecule has 2 fully saturated rings. The maximum Gasteiger partial charge on any atom is 0.352 e. The van der Waals surface area contributed by atoms with Gasteiger partial charge < -0.3 is 20.4 Å². The van der Waals surface area contributed by atoms with Gasteiger partial charge in [-0.15, -0.1) is 5.10 Å². The number of likely N-dealkylation sites (tertiary alicyclic amines) is 1. The zero-order chi connectivity index (χ0) is 23.3. The van der Waals surface area contributed by atoms with Crippen LogP contribution in [-0.4, -0.2) is 82.5 Å². The lowest BCUT2D eigenvalue weighted by molar-refractivity contribution is -0.160. The minimum absolute atomic E-state index is 0.0141. The van der Waals surface area contributed by atoms with E-state index in [9.17, 15) is 24.6 Å². The number of aromatic hydroxyl groups is 1. The Kier molecular flexibility index (Phi) is 5.19. The highest BCUT2D eigenvalue weighted by Gasteiger charge is 2.64. The molecule has 0 radical (unpaired) electrons. The first kappa shape index (κ1) is 21.2. The molecule has 3 amide bonds. The molecular formula is C20H21N7O5S. The minimum atomic E-state index is -1.15. The molecule has 0 aliphatic carbocycles. The molecule has 12 nitrogen and oxygen atoms in total. The number of β-lactam (4-membered cyclic amide) rings is 1. The minimum Gasteiger partial charge on any atom is -0.508 e. The molecule has 1 aromatic heterocycles. The van der Waals surface area contributed by atoms with Crippen molar-refractivity contribution in [2.45, 2.75) is 30.2 Å². The number of carboxylic acid groups (broad SMARTS) is 1. The zero-order valence-electron chi connectivity index (χ0n) is 17.6. The van der Waals surface area contributed by atoms with E-state index in [0.717, 1.165) is 5.56 Å². The highest BCUT2D eigenvalue weighted by atomic mass is 32.2. The molecule has 1 unspecified atom stereocenters. The number of nitrogens with one attached hydrogen (secondary N) is 1. The van der Waals surface area contributed by atoms with Crippen LogP contribution in [0.3, 0.4) is 0 Å². The van der Waals surface area contributed by atoms with Crippen LogP contribution in [0.15, 0.2) is 40.7 Å². The number of piperidine rings is 1. The number of aromatic nitrogens is 4. The Labute approximate surface area is 192 Å². The number of phenolic OH excluding ortho intramolecular Hbond substituents is 1. The van der Waals surface area contributed by atoms with Crippen LogP contribution in [0.25, 0.3) is 0 Å². The number of carbonyl (C=O) groups excluding carboxylic acids is 2. The molecule has 3 aliphatic heterocycles. The molecule has 3 atom stereocenters. The van der Waals surface area contributed by atoms with Crippen molar-refractivity contribution in [1.29, 1.82) is 0 Å². The Morgan fingerprint density at radius 1 is 1.27 bits per heavy atom. The maximum absolute atomic E-state index is 13.0. The maximum atomic E-state index is 13.0. The lowest BCUT2D eigenvalue weighted by Gasteiger charge is -2.53. The Balaban J connectivity index is 1.31. The van der Waals surface area contributed by atoms with Crippen molar-refractivity contribution in [2.24, 2.45) is 13.0 Å². The molecular weight excluding hydrogens is 450 g/mol. The number of hydrogen-bond donors (Lipinski definition) is 3. The van der Waals surface area contributed by atoms with Crippen LogP contribution >= 0.6 is 11.8 Å². The summed E-state index contributed by atoms with van der Waals surface area (Å²) in [5, 5.41) is 33.9. The van der Waals surface area contributed by atoms with E-state index in [-0.39, 0.29) is 41.9 Å². The number of hydrogen-bond acceptors (Lipinski definition) is 8. The molecule has 0 bridgehead atoms. The van der Waals surface area contributed by atoms with Crippen molar-refractivity contribution < 1.29 is 24.6 Å². The average molecular weight is 471 g/mol. The third-order valence-electron chi connectivity index (χ3n) is 6.32. The van der Waals surface area contributed by atoms with Gasteiger partial charge in [0.15, 0.2) is 0 Å². The van der Waals surface area contributed by atoms with Crippen LogP contribution in [0.4, 0.5) is 4.79 Å². The number of nitrogens with zero attached hydrogens (tertiary/aromatic N) is 6. The lowest BCUT2D eigenvalue weighted by atomic mass is 9.78. The van der Waals surface area contributed by atoms with Gasteiger partial charge in [-0.2, -0.15) is 0 Å². The van der Waals surface area contributed by atoms with Gasteiger partial charge in [-0.25, -0.2) is 14.3 Å². The Hall–Kier alpha value is -3.61. The van der Waals surface area contributed by atoms with Gasteiger partial charge in [-0.1, -0.05) is 23.9 Å². The fourth-order valence-electron chi connectivity index (χ4n) is 4.79. The molecule has 33 heavy (non-hydrogen) atoms. The summed E-state index contributed by atoms with van der Waals surface area (Å²) < 4.78 is 1.50. The molecule has 2 aromatic rings. The number of urea groups is 1. The first-order valence-electron chi connectivity index (χ1n) is 10.3. The number of amides is 3. The van der Waals surface area contributed by atoms with Gasteiger partial charge >= 0.3 is 12.0 Å². The summed E-state index contributed by atoms with van der Waals surface area (Å²) in [6, 6.07) is 5.05. The number of carbonyl (C=O) groups is 3. The second-order valence-electron chi connectivity index (χ2n) is 8.11. The predicted molar refractivity (Wildman–Crippen MR) is 114 cm³/mol. The van der Waals surface area contributed by atoms with E-state index in [4.69, 9.17) is 0 Å². The molecule has 13 heteroatoms. The summed E-state index contributed by atoms with van der Waals surface area (Å²) in [5.74, 6) is -1.16. The van der Waals surface area contributed by atoms with E-state index in [1.165, 1.54) is 38.4 Å². The summed E-state index contributed by atoms with van der Waals surface area (Å²) in [4.78, 5) is 40.7. The van der Waals surface area contributed by atoms with Crippen LogP contribution in [0.5, 0.6) is 5.75 Å². The van der Waals surface area contributed by atoms with Crippen molar-refractivity contribution in [1.82, 2.24) is 35.3 Å². The number of benzene rings is 1. The van der Waals surface area contributed by atoms with Crippen LogP contribution in [0, 0.1) is 5.92 Å². The first-order valence-corrected chi connectivity index (χ1v) is 11.3. The molecule has 172 valence electrons. The number of rotatable bonds is 6. The number of aryl methyl sites for hydroxylation is 1. The molecule has 2 saturated heterocycles. The van der Waals surface area contributed by atoms with Crippen LogP contribution in [0.2, 0.25) is 0 Å². The molecule has 4 heterocycles. The Morgan fingerprint density at radius 2 is 2.03 bits per heavy atom. The monoisotopic (exact) mass is 471 g/mol. The van der Waals surface area contributed by atoms with E-state index in [1.807, 2.05) is 0 Å². The van der Waals surface area contributed by atoms with Crippen LogP contribution in [0.1, 0.15) is 12.0 Å². The standard InChI is InChI=1S/C20H21N7O5S/c1-25-20(22-23-24-25)33-9-13-12-6-7-26(16-14(12)27(17(16)29)15(13)18(30)31)19(32)21-8-10-2-4-11(28)5-3-10/h2-5,12,14,16,28H,6-9H2,1H3,(H,21,32)(H,30,31)/t12?,14-,16+/m1/s1. The normalized spacial score (nSPS) is 23.4. The summed E-state index contributed by atoms with van der Waals surface area (Å²) >= 11 is 1.32. The van der Waals surface area contributed by atoms with Crippen molar-refractivity contribution in [2.75, 3.05) is 12.3 Å². The van der Waals surface area contributed by atoms with Gasteiger partial charge in [0.2, 0.25) is 5.16 Å².